The van der Waals surface area contributed by atoms with Crippen LogP contribution in [0.5, 0.6) is 0 Å². The molecule has 0 bridgehead atoms. The highest BCUT2D eigenvalue weighted by atomic mass is 16.3. The van der Waals surface area contributed by atoms with Gasteiger partial charge in [-0.15, -0.1) is 0 Å². The van der Waals surface area contributed by atoms with Crippen molar-refractivity contribution in [1.29, 1.82) is 0 Å². The van der Waals surface area contributed by atoms with Gasteiger partial charge in [0.1, 0.15) is 12.0 Å². The molecule has 21 heavy (non-hydrogen) atoms. The number of benzene rings is 1. The van der Waals surface area contributed by atoms with Gasteiger partial charge in [-0.05, 0) is 31.5 Å². The molecule has 2 rings (SSSR count). The number of oxazole rings is 1. The zero-order chi connectivity index (χ0) is 15.2. The topological polar surface area (TPSA) is 81.2 Å². The zero-order valence-electron chi connectivity index (χ0n) is 12.4. The van der Waals surface area contributed by atoms with E-state index in [1.807, 2.05) is 31.2 Å². The molecule has 5 nitrogen and oxygen atoms in total. The van der Waals surface area contributed by atoms with Crippen molar-refractivity contribution in [2.75, 3.05) is 11.9 Å². The summed E-state index contributed by atoms with van der Waals surface area (Å²) in [6.07, 6.45) is 3.29. The van der Waals surface area contributed by atoms with Gasteiger partial charge in [0, 0.05) is 24.1 Å². The molecule has 0 aliphatic carbocycles. The predicted molar refractivity (Wildman–Crippen MR) is 82.8 cm³/mol. The Balaban J connectivity index is 1.97. The summed E-state index contributed by atoms with van der Waals surface area (Å²) < 4.78 is 5.19. The molecule has 1 heterocycles. The lowest BCUT2D eigenvalue weighted by Gasteiger charge is -2.11. The van der Waals surface area contributed by atoms with Crippen LogP contribution in [-0.2, 0) is 4.79 Å². The van der Waals surface area contributed by atoms with Crippen molar-refractivity contribution in [3.8, 4) is 11.3 Å². The first kappa shape index (κ1) is 15.3. The number of amides is 1. The summed E-state index contributed by atoms with van der Waals surface area (Å²) in [4.78, 5) is 16.3. The van der Waals surface area contributed by atoms with Crippen LogP contribution in [0.15, 0.2) is 34.9 Å². The number of carbonyl (C=O) groups is 1. The third-order valence-corrected chi connectivity index (χ3v) is 3.36. The molecular formula is C16H21N3O2. The lowest BCUT2D eigenvalue weighted by Crippen LogP contribution is -2.21. The summed E-state index contributed by atoms with van der Waals surface area (Å²) in [5, 5.41) is 2.91. The lowest BCUT2D eigenvalue weighted by atomic mass is 10.0. The Labute approximate surface area is 124 Å². The van der Waals surface area contributed by atoms with E-state index < -0.39 is 0 Å². The highest BCUT2D eigenvalue weighted by molar-refractivity contribution is 5.92. The zero-order valence-corrected chi connectivity index (χ0v) is 12.4. The Kier molecular flexibility index (Phi) is 5.11. The predicted octanol–water partition coefficient (Wildman–Crippen LogP) is 2.96. The molecule has 0 saturated heterocycles. The number of aryl methyl sites for hydroxylation is 1. The lowest BCUT2D eigenvalue weighted by molar-refractivity contribution is -0.119. The summed E-state index contributed by atoms with van der Waals surface area (Å²) in [5.74, 6) is 0.621. The van der Waals surface area contributed by atoms with Gasteiger partial charge in [0.25, 0.3) is 0 Å². The Morgan fingerprint density at radius 3 is 2.67 bits per heavy atom. The van der Waals surface area contributed by atoms with Crippen molar-refractivity contribution in [3.63, 3.8) is 0 Å². The number of nitrogens with two attached hydrogens (primary N) is 1. The van der Waals surface area contributed by atoms with E-state index in [0.29, 0.717) is 12.4 Å². The van der Waals surface area contributed by atoms with Gasteiger partial charge in [0.15, 0.2) is 5.89 Å². The fraction of sp³-hybridized carbons (Fsp3) is 0.375. The van der Waals surface area contributed by atoms with Gasteiger partial charge in [-0.3, -0.25) is 4.79 Å². The molecule has 1 aromatic heterocycles. The molecule has 1 aromatic carbocycles. The van der Waals surface area contributed by atoms with E-state index in [9.17, 15) is 4.79 Å². The molecule has 0 radical (unpaired) electrons. The minimum atomic E-state index is -0.0357. The van der Waals surface area contributed by atoms with Gasteiger partial charge in [-0.1, -0.05) is 19.1 Å². The van der Waals surface area contributed by atoms with E-state index in [-0.39, 0.29) is 11.8 Å². The van der Waals surface area contributed by atoms with Crippen LogP contribution < -0.4 is 11.1 Å². The monoisotopic (exact) mass is 287 g/mol. The molecule has 1 atom stereocenters. The number of nitrogens with zero attached hydrogens (tertiary/aromatic N) is 1. The second-order valence-electron chi connectivity index (χ2n) is 5.15. The normalized spacial score (nSPS) is 12.1. The van der Waals surface area contributed by atoms with E-state index >= 15 is 0 Å². The highest BCUT2D eigenvalue weighted by Gasteiger charge is 2.12. The SMILES string of the molecule is Cc1nc(-c2ccc(NC(=O)C(C)CCCN)cc2)co1. The van der Waals surface area contributed by atoms with Crippen LogP contribution in [0.2, 0.25) is 0 Å². The number of aromatic nitrogens is 1. The van der Waals surface area contributed by atoms with E-state index in [0.717, 1.165) is 29.8 Å². The number of nitrogens with one attached hydrogen (secondary N) is 1. The maximum Gasteiger partial charge on any atom is 0.227 e. The quantitative estimate of drug-likeness (QED) is 0.855. The molecule has 1 amide bonds. The maximum atomic E-state index is 12.0. The van der Waals surface area contributed by atoms with Gasteiger partial charge in [0.05, 0.1) is 0 Å². The van der Waals surface area contributed by atoms with Crippen LogP contribution in [0, 0.1) is 12.8 Å². The highest BCUT2D eigenvalue weighted by Crippen LogP contribution is 2.21. The van der Waals surface area contributed by atoms with Crippen LogP contribution in [0.25, 0.3) is 11.3 Å². The third kappa shape index (κ3) is 4.16. The van der Waals surface area contributed by atoms with E-state index in [1.165, 1.54) is 0 Å². The number of carbonyl (C=O) groups excluding carboxylic acids is 1. The van der Waals surface area contributed by atoms with Crippen LogP contribution in [0.4, 0.5) is 5.69 Å². The van der Waals surface area contributed by atoms with Gasteiger partial charge in [-0.25, -0.2) is 4.98 Å². The maximum absolute atomic E-state index is 12.0. The van der Waals surface area contributed by atoms with Crippen molar-refractivity contribution in [2.24, 2.45) is 11.7 Å². The Hall–Kier alpha value is -2.14. The molecule has 0 saturated carbocycles. The second-order valence-corrected chi connectivity index (χ2v) is 5.15. The fourth-order valence-corrected chi connectivity index (χ4v) is 2.04. The first-order valence-corrected chi connectivity index (χ1v) is 7.13. The molecule has 0 fully saturated rings. The summed E-state index contributed by atoms with van der Waals surface area (Å²) in [6.45, 7) is 4.34. The van der Waals surface area contributed by atoms with E-state index in [1.54, 1.807) is 13.2 Å². The molecule has 2 aromatic rings. The van der Waals surface area contributed by atoms with Gasteiger partial charge in [0.2, 0.25) is 5.91 Å². The van der Waals surface area contributed by atoms with Crippen LogP contribution in [-0.4, -0.2) is 17.4 Å². The first-order valence-electron chi connectivity index (χ1n) is 7.13. The largest absolute Gasteiger partial charge is 0.449 e. The Morgan fingerprint density at radius 1 is 1.38 bits per heavy atom. The van der Waals surface area contributed by atoms with Crippen molar-refractivity contribution in [2.45, 2.75) is 26.7 Å². The summed E-state index contributed by atoms with van der Waals surface area (Å²) in [5.41, 5.74) is 7.99. The van der Waals surface area contributed by atoms with Crippen LogP contribution >= 0.6 is 0 Å². The number of hydrogen-bond donors (Lipinski definition) is 2. The fourth-order valence-electron chi connectivity index (χ4n) is 2.04. The standard InChI is InChI=1S/C16H21N3O2/c1-11(4-3-9-17)16(20)19-14-7-5-13(6-8-14)15-10-21-12(2)18-15/h5-8,10-11H,3-4,9,17H2,1-2H3,(H,19,20). The van der Waals surface area contributed by atoms with Crippen molar-refractivity contribution >= 4 is 11.6 Å². The molecule has 3 N–H and O–H groups in total. The summed E-state index contributed by atoms with van der Waals surface area (Å²) >= 11 is 0. The minimum Gasteiger partial charge on any atom is -0.449 e. The van der Waals surface area contributed by atoms with Gasteiger partial charge >= 0.3 is 0 Å². The molecule has 0 aliphatic rings. The number of rotatable bonds is 6. The van der Waals surface area contributed by atoms with Gasteiger partial charge in [-0.2, -0.15) is 0 Å². The number of hydrogen-bond acceptors (Lipinski definition) is 4. The molecule has 0 spiro atoms. The smallest absolute Gasteiger partial charge is 0.227 e. The second kappa shape index (κ2) is 7.04. The van der Waals surface area contributed by atoms with Crippen molar-refractivity contribution < 1.29 is 9.21 Å². The molecule has 0 aliphatic heterocycles. The van der Waals surface area contributed by atoms with E-state index in [2.05, 4.69) is 10.3 Å². The Morgan fingerprint density at radius 2 is 2.10 bits per heavy atom. The van der Waals surface area contributed by atoms with Crippen LogP contribution in [0.3, 0.4) is 0 Å². The molecule has 1 unspecified atom stereocenters. The van der Waals surface area contributed by atoms with Gasteiger partial charge < -0.3 is 15.5 Å². The molecule has 112 valence electrons. The molecule has 5 heteroatoms. The van der Waals surface area contributed by atoms with Crippen molar-refractivity contribution in [3.05, 3.63) is 36.4 Å². The van der Waals surface area contributed by atoms with Crippen molar-refractivity contribution in [1.82, 2.24) is 4.98 Å². The average Bonchev–Trinajstić information content (AvgIpc) is 2.92. The Bertz CT molecular complexity index is 590. The average molecular weight is 287 g/mol. The third-order valence-electron chi connectivity index (χ3n) is 3.36. The first-order chi connectivity index (χ1) is 10.1. The van der Waals surface area contributed by atoms with Crippen LogP contribution in [0.1, 0.15) is 25.7 Å². The van der Waals surface area contributed by atoms with E-state index in [4.69, 9.17) is 10.2 Å². The minimum absolute atomic E-state index is 0.0217. The molecular weight excluding hydrogens is 266 g/mol. The summed E-state index contributed by atoms with van der Waals surface area (Å²) in [7, 11) is 0. The summed E-state index contributed by atoms with van der Waals surface area (Å²) in [6, 6.07) is 7.56. The number of anilines is 1.